The third-order valence-electron chi connectivity index (χ3n) is 3.82. The van der Waals surface area contributed by atoms with Gasteiger partial charge < -0.3 is 9.64 Å². The highest BCUT2D eigenvalue weighted by molar-refractivity contribution is 5.89. The van der Waals surface area contributed by atoms with Crippen molar-refractivity contribution in [3.8, 4) is 12.3 Å². The second kappa shape index (κ2) is 6.46. The Morgan fingerprint density at radius 1 is 1.05 bits per heavy atom. The smallest absolute Gasteiger partial charge is 0.255 e. The van der Waals surface area contributed by atoms with E-state index in [2.05, 4.69) is 5.92 Å². The highest BCUT2D eigenvalue weighted by atomic mass is 16.5. The SMILES string of the molecule is C#CCN1C(=O)[C@@H](OCc2ccccc2)[C@H]1c1ccccc1. The lowest BCUT2D eigenvalue weighted by atomic mass is 9.90. The fraction of sp³-hybridized carbons (Fsp3) is 0.211. The van der Waals surface area contributed by atoms with Gasteiger partial charge >= 0.3 is 0 Å². The van der Waals surface area contributed by atoms with Gasteiger partial charge in [0.1, 0.15) is 0 Å². The maximum Gasteiger partial charge on any atom is 0.255 e. The number of carbonyl (C=O) groups is 1. The van der Waals surface area contributed by atoms with E-state index in [-0.39, 0.29) is 11.9 Å². The first-order valence-corrected chi connectivity index (χ1v) is 7.25. The lowest BCUT2D eigenvalue weighted by Gasteiger charge is -2.46. The van der Waals surface area contributed by atoms with E-state index in [1.54, 1.807) is 4.90 Å². The third-order valence-corrected chi connectivity index (χ3v) is 3.82. The number of carbonyl (C=O) groups excluding carboxylic acids is 1. The number of ether oxygens (including phenoxy) is 1. The molecule has 110 valence electrons. The lowest BCUT2D eigenvalue weighted by molar-refractivity contribution is -0.175. The van der Waals surface area contributed by atoms with Crippen LogP contribution in [-0.2, 0) is 16.1 Å². The molecule has 3 heteroatoms. The van der Waals surface area contributed by atoms with Crippen molar-refractivity contribution in [2.45, 2.75) is 18.8 Å². The molecule has 0 aromatic heterocycles. The molecule has 1 saturated heterocycles. The third kappa shape index (κ3) is 2.74. The summed E-state index contributed by atoms with van der Waals surface area (Å²) < 4.78 is 5.86. The second-order valence-electron chi connectivity index (χ2n) is 5.24. The van der Waals surface area contributed by atoms with Crippen LogP contribution in [0.5, 0.6) is 0 Å². The van der Waals surface area contributed by atoms with Crippen LogP contribution in [0, 0.1) is 12.3 Å². The summed E-state index contributed by atoms with van der Waals surface area (Å²) >= 11 is 0. The summed E-state index contributed by atoms with van der Waals surface area (Å²) in [6.45, 7) is 0.730. The molecule has 1 heterocycles. The largest absolute Gasteiger partial charge is 0.361 e. The highest BCUT2D eigenvalue weighted by Crippen LogP contribution is 2.36. The first-order chi connectivity index (χ1) is 10.8. The molecule has 0 N–H and O–H groups in total. The lowest BCUT2D eigenvalue weighted by Crippen LogP contribution is -2.59. The Bertz CT molecular complexity index is 676. The van der Waals surface area contributed by atoms with E-state index in [0.29, 0.717) is 13.2 Å². The van der Waals surface area contributed by atoms with Gasteiger partial charge in [0.2, 0.25) is 0 Å². The average Bonchev–Trinajstić information content (AvgIpc) is 2.58. The zero-order chi connectivity index (χ0) is 15.4. The van der Waals surface area contributed by atoms with Gasteiger partial charge in [0.15, 0.2) is 6.10 Å². The molecule has 2 aromatic carbocycles. The standard InChI is InChI=1S/C19H17NO2/c1-2-13-20-17(16-11-7-4-8-12-16)18(19(20)21)22-14-15-9-5-3-6-10-15/h1,3-12,17-18H,13-14H2/t17-,18+/m1/s1. The van der Waals surface area contributed by atoms with Crippen molar-refractivity contribution in [1.29, 1.82) is 0 Å². The average molecular weight is 291 g/mol. The van der Waals surface area contributed by atoms with Crippen LogP contribution in [0.15, 0.2) is 60.7 Å². The van der Waals surface area contributed by atoms with Gasteiger partial charge in [-0.1, -0.05) is 66.6 Å². The van der Waals surface area contributed by atoms with Gasteiger partial charge in [-0.2, -0.15) is 0 Å². The Labute approximate surface area is 130 Å². The molecule has 1 fully saturated rings. The van der Waals surface area contributed by atoms with Crippen molar-refractivity contribution in [2.24, 2.45) is 0 Å². The monoisotopic (exact) mass is 291 g/mol. The van der Waals surface area contributed by atoms with Gasteiger partial charge in [0.25, 0.3) is 5.91 Å². The minimum atomic E-state index is -0.462. The fourth-order valence-electron chi connectivity index (χ4n) is 2.72. The topological polar surface area (TPSA) is 29.5 Å². The summed E-state index contributed by atoms with van der Waals surface area (Å²) in [5, 5.41) is 0. The molecule has 3 rings (SSSR count). The maximum absolute atomic E-state index is 12.3. The van der Waals surface area contributed by atoms with E-state index < -0.39 is 6.10 Å². The zero-order valence-electron chi connectivity index (χ0n) is 12.2. The number of β-lactam (4-membered cyclic amide) rings is 1. The number of likely N-dealkylation sites (tertiary alicyclic amines) is 1. The number of nitrogens with zero attached hydrogens (tertiary/aromatic N) is 1. The second-order valence-corrected chi connectivity index (χ2v) is 5.24. The maximum atomic E-state index is 12.3. The van der Waals surface area contributed by atoms with Crippen LogP contribution in [-0.4, -0.2) is 23.5 Å². The van der Waals surface area contributed by atoms with Crippen molar-refractivity contribution < 1.29 is 9.53 Å². The molecule has 0 aliphatic carbocycles. The Balaban J connectivity index is 1.74. The number of terminal acetylenes is 1. The van der Waals surface area contributed by atoms with Crippen molar-refractivity contribution in [3.05, 3.63) is 71.8 Å². The molecule has 2 aromatic rings. The van der Waals surface area contributed by atoms with Gasteiger partial charge in [-0.15, -0.1) is 6.42 Å². The Hall–Kier alpha value is -2.57. The van der Waals surface area contributed by atoms with Crippen LogP contribution in [0.25, 0.3) is 0 Å². The molecule has 0 radical (unpaired) electrons. The van der Waals surface area contributed by atoms with Gasteiger partial charge in [-0.05, 0) is 11.1 Å². The molecular weight excluding hydrogens is 274 g/mol. The van der Waals surface area contributed by atoms with E-state index in [1.165, 1.54) is 0 Å². The van der Waals surface area contributed by atoms with Gasteiger partial charge in [0.05, 0.1) is 19.2 Å². The van der Waals surface area contributed by atoms with Crippen molar-refractivity contribution >= 4 is 5.91 Å². The van der Waals surface area contributed by atoms with Crippen LogP contribution in [0.3, 0.4) is 0 Å². The van der Waals surface area contributed by atoms with Crippen LogP contribution in [0.2, 0.25) is 0 Å². The van der Waals surface area contributed by atoms with Crippen LogP contribution in [0.1, 0.15) is 17.2 Å². The van der Waals surface area contributed by atoms with E-state index in [0.717, 1.165) is 11.1 Å². The quantitative estimate of drug-likeness (QED) is 0.626. The number of hydrogen-bond acceptors (Lipinski definition) is 2. The Kier molecular flexibility index (Phi) is 4.22. The minimum absolute atomic E-state index is 0.0391. The number of benzene rings is 2. The normalized spacial score (nSPS) is 20.3. The van der Waals surface area contributed by atoms with E-state index in [9.17, 15) is 4.79 Å². The van der Waals surface area contributed by atoms with Gasteiger partial charge in [-0.3, -0.25) is 4.79 Å². The van der Waals surface area contributed by atoms with Crippen molar-refractivity contribution in [2.75, 3.05) is 6.54 Å². The van der Waals surface area contributed by atoms with Crippen molar-refractivity contribution in [1.82, 2.24) is 4.90 Å². The molecule has 0 unspecified atom stereocenters. The molecule has 1 aliphatic rings. The Morgan fingerprint density at radius 3 is 2.32 bits per heavy atom. The molecule has 0 spiro atoms. The number of rotatable bonds is 5. The molecular formula is C19H17NO2. The van der Waals surface area contributed by atoms with E-state index in [1.807, 2.05) is 60.7 Å². The molecule has 0 bridgehead atoms. The van der Waals surface area contributed by atoms with Gasteiger partial charge in [0, 0.05) is 0 Å². The molecule has 0 saturated carbocycles. The number of amides is 1. The van der Waals surface area contributed by atoms with E-state index in [4.69, 9.17) is 11.2 Å². The van der Waals surface area contributed by atoms with Gasteiger partial charge in [-0.25, -0.2) is 0 Å². The van der Waals surface area contributed by atoms with Crippen molar-refractivity contribution in [3.63, 3.8) is 0 Å². The summed E-state index contributed by atoms with van der Waals surface area (Å²) in [7, 11) is 0. The Morgan fingerprint density at radius 2 is 1.68 bits per heavy atom. The molecule has 2 atom stereocenters. The van der Waals surface area contributed by atoms with E-state index >= 15 is 0 Å². The zero-order valence-corrected chi connectivity index (χ0v) is 12.2. The summed E-state index contributed by atoms with van der Waals surface area (Å²) in [5.74, 6) is 2.50. The molecule has 1 amide bonds. The number of hydrogen-bond donors (Lipinski definition) is 0. The molecule has 1 aliphatic heterocycles. The fourth-order valence-corrected chi connectivity index (χ4v) is 2.72. The van der Waals surface area contributed by atoms with Crippen LogP contribution < -0.4 is 0 Å². The summed E-state index contributed by atoms with van der Waals surface area (Å²) in [6, 6.07) is 19.6. The predicted octanol–water partition coefficient (Wildman–Crippen LogP) is 2.79. The summed E-state index contributed by atoms with van der Waals surface area (Å²) in [5.41, 5.74) is 2.10. The first kappa shape index (κ1) is 14.4. The highest BCUT2D eigenvalue weighted by Gasteiger charge is 2.48. The first-order valence-electron chi connectivity index (χ1n) is 7.25. The van der Waals surface area contributed by atoms with Crippen LogP contribution >= 0.6 is 0 Å². The predicted molar refractivity (Wildman–Crippen MR) is 84.7 cm³/mol. The van der Waals surface area contributed by atoms with Crippen LogP contribution in [0.4, 0.5) is 0 Å². The molecule has 3 nitrogen and oxygen atoms in total. The summed E-state index contributed by atoms with van der Waals surface area (Å²) in [6.07, 6.45) is 4.91. The molecule has 22 heavy (non-hydrogen) atoms. The summed E-state index contributed by atoms with van der Waals surface area (Å²) in [4.78, 5) is 13.9. The minimum Gasteiger partial charge on any atom is -0.361 e.